The van der Waals surface area contributed by atoms with Crippen molar-refractivity contribution in [3.8, 4) is 10.4 Å². The van der Waals surface area contributed by atoms with Crippen LogP contribution in [-0.2, 0) is 11.2 Å². The van der Waals surface area contributed by atoms with Crippen LogP contribution in [0.25, 0.3) is 20.5 Å². The molecule has 4 rings (SSSR count). The number of amides is 1. The SMILES string of the molecule is NC(=O)c1nnc(CC2=COCC=C2)c2cc(-c3ccc(Cl)cc3)sc12. The van der Waals surface area contributed by atoms with E-state index in [2.05, 4.69) is 10.2 Å². The number of rotatable bonds is 4. The molecule has 0 bridgehead atoms. The molecule has 0 saturated heterocycles. The maximum Gasteiger partial charge on any atom is 0.270 e. The van der Waals surface area contributed by atoms with Gasteiger partial charge in [-0.15, -0.1) is 16.4 Å². The fourth-order valence-corrected chi connectivity index (χ4v) is 4.08. The third-order valence-electron chi connectivity index (χ3n) is 4.02. The van der Waals surface area contributed by atoms with Gasteiger partial charge >= 0.3 is 0 Å². The highest BCUT2D eigenvalue weighted by Crippen LogP contribution is 2.36. The summed E-state index contributed by atoms with van der Waals surface area (Å²) in [6, 6.07) is 9.58. The Morgan fingerprint density at radius 3 is 2.77 bits per heavy atom. The monoisotopic (exact) mass is 383 g/mol. The van der Waals surface area contributed by atoms with E-state index in [9.17, 15) is 4.79 Å². The highest BCUT2D eigenvalue weighted by atomic mass is 35.5. The van der Waals surface area contributed by atoms with Crippen molar-refractivity contribution in [2.24, 2.45) is 5.73 Å². The molecular formula is C19H14ClN3O2S. The molecule has 1 amide bonds. The summed E-state index contributed by atoms with van der Waals surface area (Å²) >= 11 is 7.45. The number of hydrogen-bond donors (Lipinski definition) is 1. The number of thiophene rings is 1. The van der Waals surface area contributed by atoms with Gasteiger partial charge in [0.15, 0.2) is 5.69 Å². The number of allylic oxidation sites excluding steroid dienone is 2. The van der Waals surface area contributed by atoms with Gasteiger partial charge in [0.2, 0.25) is 0 Å². The molecule has 5 nitrogen and oxygen atoms in total. The van der Waals surface area contributed by atoms with Gasteiger partial charge in [0.25, 0.3) is 5.91 Å². The summed E-state index contributed by atoms with van der Waals surface area (Å²) in [5.74, 6) is -0.585. The van der Waals surface area contributed by atoms with Gasteiger partial charge in [-0.2, -0.15) is 5.10 Å². The molecule has 0 fully saturated rings. The maximum atomic E-state index is 11.8. The molecule has 0 saturated carbocycles. The third kappa shape index (κ3) is 3.21. The van der Waals surface area contributed by atoms with Gasteiger partial charge in [0, 0.05) is 21.7 Å². The van der Waals surface area contributed by atoms with Crippen LogP contribution >= 0.6 is 22.9 Å². The van der Waals surface area contributed by atoms with E-state index in [4.69, 9.17) is 22.1 Å². The average molecular weight is 384 g/mol. The standard InChI is InChI=1S/C19H14ClN3O2S/c20-13-5-3-12(4-6-13)16-9-14-15(8-11-2-1-7-25-10-11)22-23-17(19(21)24)18(14)26-16/h1-6,9-10H,7-8H2,(H2,21,24). The lowest BCUT2D eigenvalue weighted by atomic mass is 10.1. The van der Waals surface area contributed by atoms with Crippen LogP contribution in [-0.4, -0.2) is 22.7 Å². The fraction of sp³-hybridized carbons (Fsp3) is 0.105. The topological polar surface area (TPSA) is 78.1 Å². The molecule has 0 atom stereocenters. The number of hydrogen-bond acceptors (Lipinski definition) is 5. The number of fused-ring (bicyclic) bond motifs is 1. The first-order valence-corrected chi connectivity index (χ1v) is 9.13. The Bertz CT molecular complexity index is 1050. The van der Waals surface area contributed by atoms with E-state index >= 15 is 0 Å². The van der Waals surface area contributed by atoms with Crippen LogP contribution in [0.5, 0.6) is 0 Å². The lowest BCUT2D eigenvalue weighted by molar-refractivity contribution is 0.0996. The minimum absolute atomic E-state index is 0.193. The first-order chi connectivity index (χ1) is 12.6. The van der Waals surface area contributed by atoms with Crippen molar-refractivity contribution < 1.29 is 9.53 Å². The molecular weight excluding hydrogens is 370 g/mol. The van der Waals surface area contributed by atoms with E-state index in [0.29, 0.717) is 18.1 Å². The minimum Gasteiger partial charge on any atom is -0.497 e. The Morgan fingerprint density at radius 2 is 2.08 bits per heavy atom. The van der Waals surface area contributed by atoms with Gasteiger partial charge in [-0.25, -0.2) is 0 Å². The summed E-state index contributed by atoms with van der Waals surface area (Å²) in [4.78, 5) is 12.8. The van der Waals surface area contributed by atoms with Crippen LogP contribution < -0.4 is 5.73 Å². The number of ether oxygens (including phenoxy) is 1. The molecule has 1 aliphatic heterocycles. The van der Waals surface area contributed by atoms with Crippen molar-refractivity contribution in [3.05, 3.63) is 70.7 Å². The Labute approximate surface area is 158 Å². The van der Waals surface area contributed by atoms with Gasteiger partial charge in [0.05, 0.1) is 16.7 Å². The molecule has 3 aromatic rings. The molecule has 0 radical (unpaired) electrons. The number of benzene rings is 1. The number of primary amides is 1. The summed E-state index contributed by atoms with van der Waals surface area (Å²) in [6.45, 7) is 0.574. The Balaban J connectivity index is 1.84. The van der Waals surface area contributed by atoms with Crippen molar-refractivity contribution in [2.75, 3.05) is 6.61 Å². The Hall–Kier alpha value is -2.70. The van der Waals surface area contributed by atoms with E-state index in [1.54, 1.807) is 6.26 Å². The predicted molar refractivity (Wildman–Crippen MR) is 103 cm³/mol. The van der Waals surface area contributed by atoms with E-state index in [0.717, 1.165) is 31.8 Å². The quantitative estimate of drug-likeness (QED) is 0.734. The zero-order valence-electron chi connectivity index (χ0n) is 13.6. The zero-order chi connectivity index (χ0) is 18.1. The van der Waals surface area contributed by atoms with E-state index in [1.165, 1.54) is 11.3 Å². The molecule has 130 valence electrons. The Kier molecular flexibility index (Phi) is 4.44. The van der Waals surface area contributed by atoms with E-state index in [1.807, 2.05) is 42.5 Å². The molecule has 7 heteroatoms. The smallest absolute Gasteiger partial charge is 0.270 e. The summed E-state index contributed by atoms with van der Waals surface area (Å²) in [7, 11) is 0. The summed E-state index contributed by atoms with van der Waals surface area (Å²) < 4.78 is 6.08. The van der Waals surface area contributed by atoms with Crippen molar-refractivity contribution >= 4 is 38.9 Å². The largest absolute Gasteiger partial charge is 0.497 e. The second-order valence-corrected chi connectivity index (χ2v) is 7.31. The molecule has 0 aliphatic carbocycles. The summed E-state index contributed by atoms with van der Waals surface area (Å²) in [5, 5.41) is 9.87. The molecule has 3 heterocycles. The highest BCUT2D eigenvalue weighted by molar-refractivity contribution is 7.22. The first kappa shape index (κ1) is 16.8. The van der Waals surface area contributed by atoms with Gasteiger partial charge in [-0.3, -0.25) is 4.79 Å². The number of nitrogens with two attached hydrogens (primary N) is 1. The Morgan fingerprint density at radius 1 is 1.27 bits per heavy atom. The van der Waals surface area contributed by atoms with Gasteiger partial charge < -0.3 is 10.5 Å². The summed E-state index contributed by atoms with van der Waals surface area (Å²) in [5.41, 5.74) is 8.47. The van der Waals surface area contributed by atoms with Gasteiger partial charge in [-0.1, -0.05) is 29.8 Å². The summed E-state index contributed by atoms with van der Waals surface area (Å²) in [6.07, 6.45) is 6.24. The molecule has 2 aromatic heterocycles. The van der Waals surface area contributed by atoms with Crippen LogP contribution in [0.2, 0.25) is 5.02 Å². The maximum absolute atomic E-state index is 11.8. The second kappa shape index (κ2) is 6.90. The van der Waals surface area contributed by atoms with Crippen LogP contribution in [0, 0.1) is 0 Å². The number of nitrogens with zero attached hydrogens (tertiary/aromatic N) is 2. The van der Waals surface area contributed by atoms with Crippen molar-refractivity contribution in [3.63, 3.8) is 0 Å². The first-order valence-electron chi connectivity index (χ1n) is 7.94. The van der Waals surface area contributed by atoms with Crippen molar-refractivity contribution in [2.45, 2.75) is 6.42 Å². The molecule has 26 heavy (non-hydrogen) atoms. The van der Waals surface area contributed by atoms with Crippen LogP contribution in [0.1, 0.15) is 16.2 Å². The fourth-order valence-electron chi connectivity index (χ4n) is 2.78. The lowest BCUT2D eigenvalue weighted by Gasteiger charge is -2.08. The number of halogens is 1. The average Bonchev–Trinajstić information content (AvgIpc) is 3.09. The van der Waals surface area contributed by atoms with Crippen LogP contribution in [0.3, 0.4) is 0 Å². The normalized spacial score (nSPS) is 13.5. The second-order valence-electron chi connectivity index (χ2n) is 5.83. The van der Waals surface area contributed by atoms with Gasteiger partial charge in [-0.05, 0) is 35.4 Å². The highest BCUT2D eigenvalue weighted by Gasteiger charge is 2.18. The third-order valence-corrected chi connectivity index (χ3v) is 5.46. The van der Waals surface area contributed by atoms with Crippen molar-refractivity contribution in [1.29, 1.82) is 0 Å². The predicted octanol–water partition coefficient (Wildman–Crippen LogP) is 4.12. The minimum atomic E-state index is -0.585. The molecule has 1 aromatic carbocycles. The van der Waals surface area contributed by atoms with Crippen molar-refractivity contribution in [1.82, 2.24) is 10.2 Å². The molecule has 0 spiro atoms. The van der Waals surface area contributed by atoms with Crippen LogP contribution in [0.15, 0.2) is 54.3 Å². The van der Waals surface area contributed by atoms with E-state index in [-0.39, 0.29) is 5.69 Å². The van der Waals surface area contributed by atoms with E-state index < -0.39 is 5.91 Å². The molecule has 1 aliphatic rings. The molecule has 2 N–H and O–H groups in total. The number of carbonyl (C=O) groups excluding carboxylic acids is 1. The van der Waals surface area contributed by atoms with Gasteiger partial charge in [0.1, 0.15) is 6.61 Å². The number of aromatic nitrogens is 2. The zero-order valence-corrected chi connectivity index (χ0v) is 15.2. The molecule has 0 unspecified atom stereocenters. The van der Waals surface area contributed by atoms with Crippen LogP contribution in [0.4, 0.5) is 0 Å². The number of carbonyl (C=O) groups is 1. The lowest BCUT2D eigenvalue weighted by Crippen LogP contribution is -2.14.